The van der Waals surface area contributed by atoms with Crippen molar-refractivity contribution in [3.63, 3.8) is 0 Å². The third-order valence-electron chi connectivity index (χ3n) is 3.26. The van der Waals surface area contributed by atoms with Crippen molar-refractivity contribution in [2.45, 2.75) is 11.3 Å². The van der Waals surface area contributed by atoms with E-state index in [0.717, 1.165) is 6.07 Å². The Kier molecular flexibility index (Phi) is 6.39. The molecule has 138 valence electrons. The third-order valence-corrected chi connectivity index (χ3v) is 4.74. The predicted octanol–water partition coefficient (Wildman–Crippen LogP) is 1.47. The molecule has 0 amide bonds. The number of nitrogens with zero attached hydrogens (tertiary/aromatic N) is 1. The Morgan fingerprint density at radius 3 is 2.50 bits per heavy atom. The number of non-ortho nitro benzene ring substituents is 1. The number of sulfonamides is 1. The minimum absolute atomic E-state index is 0.00145. The maximum Gasteiger partial charge on any atom is 0.343 e. The molecular weight excluding hydrogens is 364 g/mol. The first-order valence-corrected chi connectivity index (χ1v) is 8.99. The van der Waals surface area contributed by atoms with Gasteiger partial charge in [-0.2, -0.15) is 0 Å². The van der Waals surface area contributed by atoms with Crippen LogP contribution in [0.15, 0.2) is 53.4 Å². The molecule has 0 aliphatic rings. The van der Waals surface area contributed by atoms with Crippen LogP contribution in [0.25, 0.3) is 0 Å². The first-order chi connectivity index (χ1) is 12.3. The highest BCUT2D eigenvalue weighted by Crippen LogP contribution is 2.19. The summed E-state index contributed by atoms with van der Waals surface area (Å²) in [6.45, 7) is -0.0303. The van der Waals surface area contributed by atoms with Gasteiger partial charge in [-0.1, -0.05) is 6.07 Å². The van der Waals surface area contributed by atoms with E-state index in [1.54, 1.807) is 0 Å². The lowest BCUT2D eigenvalue weighted by atomic mass is 10.2. The highest BCUT2D eigenvalue weighted by atomic mass is 32.2. The number of carbonyl (C=O) groups excluding carboxylic acids is 1. The Balaban J connectivity index is 2.08. The fourth-order valence-corrected chi connectivity index (χ4v) is 3.04. The molecule has 0 spiro atoms. The van der Waals surface area contributed by atoms with Gasteiger partial charge in [0.2, 0.25) is 10.0 Å². The summed E-state index contributed by atoms with van der Waals surface area (Å²) in [4.78, 5) is 22.1. The van der Waals surface area contributed by atoms with E-state index >= 15 is 0 Å². The van der Waals surface area contributed by atoms with Gasteiger partial charge in [0.1, 0.15) is 5.75 Å². The molecule has 2 aromatic rings. The lowest BCUT2D eigenvalue weighted by Gasteiger charge is -2.08. The summed E-state index contributed by atoms with van der Waals surface area (Å²) < 4.78 is 31.4. The number of nitrogens with one attached hydrogen (secondary N) is 1. The predicted molar refractivity (Wildman–Crippen MR) is 91.4 cm³/mol. The lowest BCUT2D eigenvalue weighted by molar-refractivity contribution is -0.384. The van der Waals surface area contributed by atoms with E-state index in [0.29, 0.717) is 0 Å². The van der Waals surface area contributed by atoms with E-state index in [2.05, 4.69) is 4.72 Å². The summed E-state index contributed by atoms with van der Waals surface area (Å²) in [5.41, 5.74) is -0.239. The number of rotatable bonds is 8. The molecule has 0 aliphatic heterocycles. The number of nitro groups is 1. The van der Waals surface area contributed by atoms with Crippen LogP contribution in [-0.4, -0.2) is 37.6 Å². The normalized spacial score (nSPS) is 11.1. The Morgan fingerprint density at radius 2 is 1.88 bits per heavy atom. The van der Waals surface area contributed by atoms with Gasteiger partial charge in [0.05, 0.1) is 15.4 Å². The Morgan fingerprint density at radius 1 is 1.19 bits per heavy atom. The standard InChI is InChI=1S/C16H16N2O7S/c19-10-2-9-17-26(23,24)15-7-5-14(6-8-15)25-16(20)12-3-1-4-13(11-12)18(21)22/h1,3-8,11,17,19H,2,9-10H2. The number of ether oxygens (including phenoxy) is 1. The average Bonchev–Trinajstić information content (AvgIpc) is 2.62. The van der Waals surface area contributed by atoms with E-state index in [-0.39, 0.29) is 41.5 Å². The van der Waals surface area contributed by atoms with Crippen molar-refractivity contribution in [3.05, 3.63) is 64.2 Å². The lowest BCUT2D eigenvalue weighted by Crippen LogP contribution is -2.25. The largest absolute Gasteiger partial charge is 0.423 e. The highest BCUT2D eigenvalue weighted by Gasteiger charge is 2.16. The van der Waals surface area contributed by atoms with Crippen LogP contribution in [0.5, 0.6) is 5.75 Å². The van der Waals surface area contributed by atoms with Gasteiger partial charge in [-0.25, -0.2) is 17.9 Å². The maximum atomic E-state index is 12.0. The SMILES string of the molecule is O=C(Oc1ccc(S(=O)(=O)NCCCO)cc1)c1cccc([N+](=O)[O-])c1. The van der Waals surface area contributed by atoms with Gasteiger partial charge in [-0.15, -0.1) is 0 Å². The Hall–Kier alpha value is -2.82. The fourth-order valence-electron chi connectivity index (χ4n) is 1.97. The molecule has 10 heteroatoms. The van der Waals surface area contributed by atoms with E-state index < -0.39 is 20.9 Å². The zero-order valence-electron chi connectivity index (χ0n) is 13.5. The van der Waals surface area contributed by atoms with Gasteiger partial charge in [-0.3, -0.25) is 10.1 Å². The molecule has 2 N–H and O–H groups in total. The minimum Gasteiger partial charge on any atom is -0.423 e. The average molecular weight is 380 g/mol. The molecular formula is C16H16N2O7S. The van der Waals surface area contributed by atoms with E-state index in [4.69, 9.17) is 9.84 Å². The van der Waals surface area contributed by atoms with Gasteiger partial charge >= 0.3 is 5.97 Å². The summed E-state index contributed by atoms with van der Waals surface area (Å²) in [6.07, 6.45) is 0.290. The van der Waals surface area contributed by atoms with Crippen LogP contribution < -0.4 is 9.46 Å². The zero-order chi connectivity index (χ0) is 19.2. The fraction of sp³-hybridized carbons (Fsp3) is 0.188. The summed E-state index contributed by atoms with van der Waals surface area (Å²) >= 11 is 0. The summed E-state index contributed by atoms with van der Waals surface area (Å²) in [5, 5.41) is 19.4. The number of hydrogen-bond acceptors (Lipinski definition) is 7. The van der Waals surface area contributed by atoms with Gasteiger partial charge in [0, 0.05) is 25.3 Å². The number of aliphatic hydroxyl groups excluding tert-OH is 1. The molecule has 0 unspecified atom stereocenters. The minimum atomic E-state index is -3.72. The van der Waals surface area contributed by atoms with Crippen molar-refractivity contribution in [2.75, 3.05) is 13.2 Å². The molecule has 2 aromatic carbocycles. The van der Waals surface area contributed by atoms with Gasteiger partial charge in [0.15, 0.2) is 0 Å². The first kappa shape index (κ1) is 19.5. The van der Waals surface area contributed by atoms with Crippen LogP contribution in [-0.2, 0) is 10.0 Å². The van der Waals surface area contributed by atoms with Gasteiger partial charge < -0.3 is 9.84 Å². The van der Waals surface area contributed by atoms with Gasteiger partial charge in [-0.05, 0) is 36.8 Å². The Labute approximate surface area is 149 Å². The van der Waals surface area contributed by atoms with Gasteiger partial charge in [0.25, 0.3) is 5.69 Å². The van der Waals surface area contributed by atoms with Crippen molar-refractivity contribution in [1.82, 2.24) is 4.72 Å². The third kappa shape index (κ3) is 5.09. The monoisotopic (exact) mass is 380 g/mol. The molecule has 0 radical (unpaired) electrons. The second kappa shape index (κ2) is 8.52. The smallest absolute Gasteiger partial charge is 0.343 e. The van der Waals surface area contributed by atoms with Crippen molar-refractivity contribution < 1.29 is 28.0 Å². The maximum absolute atomic E-state index is 12.0. The number of esters is 1. The first-order valence-electron chi connectivity index (χ1n) is 7.51. The van der Waals surface area contributed by atoms with Crippen molar-refractivity contribution >= 4 is 21.7 Å². The van der Waals surface area contributed by atoms with E-state index in [9.17, 15) is 23.3 Å². The van der Waals surface area contributed by atoms with Crippen molar-refractivity contribution in [3.8, 4) is 5.75 Å². The number of nitro benzene ring substituents is 1. The van der Waals surface area contributed by atoms with Crippen LogP contribution in [0, 0.1) is 10.1 Å². The van der Waals surface area contributed by atoms with Crippen LogP contribution >= 0.6 is 0 Å². The zero-order valence-corrected chi connectivity index (χ0v) is 14.3. The molecule has 9 nitrogen and oxygen atoms in total. The Bertz CT molecular complexity index is 895. The summed E-state index contributed by atoms with van der Waals surface area (Å²) in [5.74, 6) is -0.707. The molecule has 0 saturated heterocycles. The number of benzene rings is 2. The van der Waals surface area contributed by atoms with Crippen LogP contribution in [0.3, 0.4) is 0 Å². The highest BCUT2D eigenvalue weighted by molar-refractivity contribution is 7.89. The molecule has 0 saturated carbocycles. The van der Waals surface area contributed by atoms with Crippen molar-refractivity contribution in [2.24, 2.45) is 0 Å². The van der Waals surface area contributed by atoms with E-state index in [1.165, 1.54) is 42.5 Å². The molecule has 0 bridgehead atoms. The van der Waals surface area contributed by atoms with E-state index in [1.807, 2.05) is 0 Å². The van der Waals surface area contributed by atoms with Crippen molar-refractivity contribution in [1.29, 1.82) is 0 Å². The molecule has 0 aliphatic carbocycles. The molecule has 0 aromatic heterocycles. The number of aliphatic hydroxyl groups is 1. The van der Waals surface area contributed by atoms with Crippen LogP contribution in [0.4, 0.5) is 5.69 Å². The van der Waals surface area contributed by atoms with Crippen LogP contribution in [0.1, 0.15) is 16.8 Å². The summed E-state index contributed by atoms with van der Waals surface area (Å²) in [7, 11) is -3.72. The quantitative estimate of drug-likeness (QED) is 0.233. The molecule has 0 atom stereocenters. The molecule has 2 rings (SSSR count). The second-order valence-electron chi connectivity index (χ2n) is 5.14. The van der Waals surface area contributed by atoms with Crippen LogP contribution in [0.2, 0.25) is 0 Å². The number of carbonyl (C=O) groups is 1. The number of hydrogen-bond donors (Lipinski definition) is 2. The summed E-state index contributed by atoms with van der Waals surface area (Å²) in [6, 6.07) is 10.2. The molecule has 0 heterocycles. The second-order valence-corrected chi connectivity index (χ2v) is 6.91. The topological polar surface area (TPSA) is 136 Å². The molecule has 0 fully saturated rings. The molecule has 26 heavy (non-hydrogen) atoms.